The molecule has 3 nitrogen and oxygen atoms in total. The number of aryl methyl sites for hydroxylation is 1. The van der Waals surface area contributed by atoms with Gasteiger partial charge in [-0.3, -0.25) is 0 Å². The fraction of sp³-hybridized carbons (Fsp3) is 0.211. The molecule has 1 unspecified atom stereocenters. The highest BCUT2D eigenvalue weighted by Gasteiger charge is 2.61. The van der Waals surface area contributed by atoms with Crippen LogP contribution in [0, 0.1) is 6.92 Å². The van der Waals surface area contributed by atoms with E-state index in [2.05, 4.69) is 4.98 Å². The number of hydrogen-bond donors (Lipinski definition) is 1. The van der Waals surface area contributed by atoms with Crippen molar-refractivity contribution < 1.29 is 23.0 Å². The molecule has 3 aromatic rings. The molecule has 1 aliphatic rings. The number of hydrogen-bond acceptors (Lipinski definition) is 4. The lowest BCUT2D eigenvalue weighted by molar-refractivity contribution is -0.250. The van der Waals surface area contributed by atoms with Gasteiger partial charge in [0.05, 0.1) is 18.2 Å². The SMILES string of the molecule is COc1nc2ccccc2c2c1C(O)(C(F)(F)F)c1cc(C)ccc1S2. The molecule has 0 radical (unpaired) electrons. The fourth-order valence-electron chi connectivity index (χ4n) is 3.29. The van der Waals surface area contributed by atoms with Crippen LogP contribution in [0.15, 0.2) is 52.3 Å². The van der Waals surface area contributed by atoms with Crippen molar-refractivity contribution >= 4 is 22.7 Å². The molecule has 2 aromatic carbocycles. The smallest absolute Gasteiger partial charge is 0.426 e. The third kappa shape index (κ3) is 2.23. The summed E-state index contributed by atoms with van der Waals surface area (Å²) in [5, 5.41) is 11.6. The molecule has 1 aliphatic heterocycles. The first-order valence-electron chi connectivity index (χ1n) is 7.82. The van der Waals surface area contributed by atoms with E-state index in [-0.39, 0.29) is 17.0 Å². The molecule has 1 N–H and O–H groups in total. The Labute approximate surface area is 151 Å². The lowest BCUT2D eigenvalue weighted by Gasteiger charge is -2.38. The van der Waals surface area contributed by atoms with Crippen LogP contribution in [-0.2, 0) is 5.60 Å². The number of rotatable bonds is 1. The Kier molecular flexibility index (Phi) is 3.71. The van der Waals surface area contributed by atoms with Crippen LogP contribution < -0.4 is 4.74 Å². The quantitative estimate of drug-likeness (QED) is 0.661. The van der Waals surface area contributed by atoms with Gasteiger partial charge in [0.1, 0.15) is 0 Å². The Morgan fingerprint density at radius 2 is 1.88 bits per heavy atom. The molecular weight excluding hydrogens is 363 g/mol. The monoisotopic (exact) mass is 377 g/mol. The summed E-state index contributed by atoms with van der Waals surface area (Å²) in [4.78, 5) is 4.89. The maximum absolute atomic E-state index is 14.2. The average molecular weight is 377 g/mol. The summed E-state index contributed by atoms with van der Waals surface area (Å²) in [5.74, 6) is -0.224. The molecule has 2 heterocycles. The standard InChI is InChI=1S/C19H14F3NO2S/c1-10-7-8-14-12(9-10)18(24,19(20,21)22)15-16(26-14)11-5-3-4-6-13(11)23-17(15)25-2/h3-9,24H,1-2H3. The minimum absolute atomic E-state index is 0.196. The Bertz CT molecular complexity index is 1040. The number of nitrogens with zero attached hydrogens (tertiary/aromatic N) is 1. The van der Waals surface area contributed by atoms with Gasteiger partial charge in [-0.2, -0.15) is 13.2 Å². The van der Waals surface area contributed by atoms with Crippen LogP contribution in [-0.4, -0.2) is 23.4 Å². The van der Waals surface area contributed by atoms with Crippen LogP contribution in [0.3, 0.4) is 0 Å². The lowest BCUT2D eigenvalue weighted by Crippen LogP contribution is -2.45. The minimum Gasteiger partial charge on any atom is -0.481 e. The van der Waals surface area contributed by atoms with Gasteiger partial charge < -0.3 is 9.84 Å². The van der Waals surface area contributed by atoms with E-state index in [1.165, 1.54) is 24.9 Å². The van der Waals surface area contributed by atoms with E-state index in [0.29, 0.717) is 26.3 Å². The lowest BCUT2D eigenvalue weighted by atomic mass is 9.84. The Morgan fingerprint density at radius 1 is 1.15 bits per heavy atom. The molecule has 0 saturated heterocycles. The number of aromatic nitrogens is 1. The largest absolute Gasteiger partial charge is 0.481 e. The van der Waals surface area contributed by atoms with Gasteiger partial charge in [-0.25, -0.2) is 4.98 Å². The molecule has 0 bridgehead atoms. The maximum Gasteiger partial charge on any atom is 0.426 e. The van der Waals surface area contributed by atoms with E-state index in [0.717, 1.165) is 0 Å². The third-order valence-electron chi connectivity index (χ3n) is 4.51. The molecule has 7 heteroatoms. The molecule has 26 heavy (non-hydrogen) atoms. The highest BCUT2D eigenvalue weighted by molar-refractivity contribution is 7.99. The first-order valence-corrected chi connectivity index (χ1v) is 8.64. The molecule has 4 rings (SSSR count). The number of benzene rings is 2. The second kappa shape index (κ2) is 5.62. The van der Waals surface area contributed by atoms with Crippen molar-refractivity contribution in [3.05, 3.63) is 59.2 Å². The van der Waals surface area contributed by atoms with Crippen LogP contribution >= 0.6 is 11.8 Å². The zero-order chi connectivity index (χ0) is 18.7. The van der Waals surface area contributed by atoms with Crippen molar-refractivity contribution in [2.75, 3.05) is 7.11 Å². The summed E-state index contributed by atoms with van der Waals surface area (Å²) in [5.41, 5.74) is -2.61. The second-order valence-corrected chi connectivity index (χ2v) is 7.20. The van der Waals surface area contributed by atoms with E-state index in [1.807, 2.05) is 0 Å². The van der Waals surface area contributed by atoms with E-state index in [1.54, 1.807) is 43.3 Å². The van der Waals surface area contributed by atoms with Crippen molar-refractivity contribution in [1.29, 1.82) is 0 Å². The first-order chi connectivity index (χ1) is 12.3. The normalized spacial score (nSPS) is 19.2. The van der Waals surface area contributed by atoms with Crippen LogP contribution in [0.4, 0.5) is 13.2 Å². The Morgan fingerprint density at radius 3 is 2.58 bits per heavy atom. The van der Waals surface area contributed by atoms with Crippen molar-refractivity contribution in [1.82, 2.24) is 4.98 Å². The zero-order valence-corrected chi connectivity index (χ0v) is 14.7. The van der Waals surface area contributed by atoms with Crippen molar-refractivity contribution in [2.45, 2.75) is 28.5 Å². The summed E-state index contributed by atoms with van der Waals surface area (Å²) in [6, 6.07) is 11.6. The summed E-state index contributed by atoms with van der Waals surface area (Å²) in [7, 11) is 1.25. The number of ether oxygens (including phenoxy) is 1. The minimum atomic E-state index is -4.94. The molecule has 134 valence electrons. The molecule has 1 aromatic heterocycles. The summed E-state index contributed by atoms with van der Waals surface area (Å²) in [6.45, 7) is 1.69. The van der Waals surface area contributed by atoms with Crippen LogP contribution in [0.2, 0.25) is 0 Å². The third-order valence-corrected chi connectivity index (χ3v) is 5.72. The van der Waals surface area contributed by atoms with Gasteiger partial charge in [-0.05, 0) is 19.1 Å². The molecule has 1 atom stereocenters. The van der Waals surface area contributed by atoms with Gasteiger partial charge in [0.25, 0.3) is 0 Å². The Balaban J connectivity index is 2.18. The van der Waals surface area contributed by atoms with Crippen LogP contribution in [0.25, 0.3) is 10.9 Å². The van der Waals surface area contributed by atoms with Crippen molar-refractivity contribution in [2.24, 2.45) is 0 Å². The molecule has 0 saturated carbocycles. The van der Waals surface area contributed by atoms with E-state index in [4.69, 9.17) is 4.74 Å². The summed E-state index contributed by atoms with van der Waals surface area (Å²) in [6.07, 6.45) is -4.94. The van der Waals surface area contributed by atoms with Gasteiger partial charge in [0.2, 0.25) is 11.5 Å². The maximum atomic E-state index is 14.2. The van der Waals surface area contributed by atoms with Crippen LogP contribution in [0.5, 0.6) is 5.88 Å². The summed E-state index contributed by atoms with van der Waals surface area (Å²) < 4.78 is 47.7. The van der Waals surface area contributed by atoms with Gasteiger partial charge in [0, 0.05) is 20.7 Å². The van der Waals surface area contributed by atoms with Crippen molar-refractivity contribution in [3.8, 4) is 5.88 Å². The van der Waals surface area contributed by atoms with E-state index < -0.39 is 11.8 Å². The molecule has 0 fully saturated rings. The number of aliphatic hydroxyl groups is 1. The molecule has 0 spiro atoms. The zero-order valence-electron chi connectivity index (χ0n) is 13.9. The number of fused-ring (bicyclic) bond motifs is 4. The number of methoxy groups -OCH3 is 1. The summed E-state index contributed by atoms with van der Waals surface area (Å²) >= 11 is 1.19. The Hall–Kier alpha value is -2.25. The number of para-hydroxylation sites is 1. The topological polar surface area (TPSA) is 42.4 Å². The van der Waals surface area contributed by atoms with Crippen molar-refractivity contribution in [3.63, 3.8) is 0 Å². The highest BCUT2D eigenvalue weighted by atomic mass is 32.2. The van der Waals surface area contributed by atoms with Gasteiger partial charge in [-0.15, -0.1) is 0 Å². The van der Waals surface area contributed by atoms with Gasteiger partial charge in [-0.1, -0.05) is 47.7 Å². The van der Waals surface area contributed by atoms with E-state index in [9.17, 15) is 18.3 Å². The average Bonchev–Trinajstić information content (AvgIpc) is 2.60. The number of alkyl halides is 3. The predicted octanol–water partition coefficient (Wildman–Crippen LogP) is 4.81. The number of halogens is 3. The fourth-order valence-corrected chi connectivity index (χ4v) is 4.58. The van der Waals surface area contributed by atoms with Crippen LogP contribution in [0.1, 0.15) is 16.7 Å². The molecular formula is C19H14F3NO2S. The molecule has 0 aliphatic carbocycles. The van der Waals surface area contributed by atoms with Gasteiger partial charge in [0.15, 0.2) is 0 Å². The number of pyridine rings is 1. The molecule has 0 amide bonds. The second-order valence-electron chi connectivity index (χ2n) is 6.15. The van der Waals surface area contributed by atoms with E-state index >= 15 is 0 Å². The van der Waals surface area contributed by atoms with Gasteiger partial charge >= 0.3 is 6.18 Å². The predicted molar refractivity (Wildman–Crippen MR) is 92.7 cm³/mol. The first kappa shape index (κ1) is 17.2. The highest BCUT2D eigenvalue weighted by Crippen LogP contribution is 2.58.